The Bertz CT molecular complexity index is 772. The molecule has 0 atom stereocenters. The number of hydrogen-bond acceptors (Lipinski definition) is 6. The van der Waals surface area contributed by atoms with Crippen molar-refractivity contribution in [1.82, 2.24) is 5.16 Å². The maximum atomic E-state index is 12.3. The van der Waals surface area contributed by atoms with Crippen molar-refractivity contribution in [2.75, 3.05) is 10.6 Å². The normalized spacial score (nSPS) is 10.2. The molecule has 0 radical (unpaired) electrons. The Hall–Kier alpha value is -3.16. The fourth-order valence-corrected chi connectivity index (χ4v) is 2.23. The number of nitrogens with one attached hydrogen (secondary N) is 2. The first-order valence-electron chi connectivity index (χ1n) is 7.55. The Morgan fingerprint density at radius 2 is 1.60 bits per heavy atom. The topological polar surface area (TPSA) is 111 Å². The van der Waals surface area contributed by atoms with Crippen LogP contribution in [0.15, 0.2) is 22.7 Å². The van der Waals surface area contributed by atoms with E-state index >= 15 is 0 Å². The summed E-state index contributed by atoms with van der Waals surface area (Å²) in [6, 6.07) is 4.50. The molecule has 132 valence electrons. The minimum Gasteiger partial charge on any atom is -0.457 e. The van der Waals surface area contributed by atoms with Gasteiger partial charge < -0.3 is 19.9 Å². The molecule has 2 N–H and O–H groups in total. The van der Waals surface area contributed by atoms with E-state index in [1.165, 1.54) is 26.0 Å². The van der Waals surface area contributed by atoms with Gasteiger partial charge in [0, 0.05) is 25.2 Å². The number of hydrogen-bond donors (Lipinski definition) is 2. The Kier molecular flexibility index (Phi) is 5.53. The molecule has 0 unspecified atom stereocenters. The third kappa shape index (κ3) is 4.90. The van der Waals surface area contributed by atoms with Crippen LogP contribution in [0.1, 0.15) is 41.2 Å². The second-order valence-corrected chi connectivity index (χ2v) is 5.54. The molecule has 0 saturated heterocycles. The maximum absolute atomic E-state index is 12.3. The molecule has 0 aliphatic carbocycles. The number of aryl methyl sites for hydroxylation is 2. The average Bonchev–Trinajstić information content (AvgIpc) is 2.82. The fraction of sp³-hybridized carbons (Fsp3) is 0.294. The van der Waals surface area contributed by atoms with E-state index in [-0.39, 0.29) is 24.0 Å². The largest absolute Gasteiger partial charge is 0.457 e. The molecular formula is C17H19N3O5. The number of benzene rings is 1. The first-order chi connectivity index (χ1) is 11.8. The lowest BCUT2D eigenvalue weighted by Crippen LogP contribution is -2.12. The Morgan fingerprint density at radius 3 is 2.04 bits per heavy atom. The van der Waals surface area contributed by atoms with Crippen molar-refractivity contribution >= 4 is 29.2 Å². The fourth-order valence-electron chi connectivity index (χ4n) is 2.23. The lowest BCUT2D eigenvalue weighted by molar-refractivity contribution is -0.115. The van der Waals surface area contributed by atoms with Gasteiger partial charge in [-0.3, -0.25) is 9.59 Å². The van der Waals surface area contributed by atoms with Crippen LogP contribution in [0.3, 0.4) is 0 Å². The highest BCUT2D eigenvalue weighted by atomic mass is 16.5. The number of nitrogens with zero attached hydrogens (tertiary/aromatic N) is 1. The van der Waals surface area contributed by atoms with Gasteiger partial charge in [0.1, 0.15) is 12.4 Å². The molecule has 8 heteroatoms. The van der Waals surface area contributed by atoms with Gasteiger partial charge >= 0.3 is 5.97 Å². The van der Waals surface area contributed by atoms with Crippen LogP contribution in [-0.4, -0.2) is 22.9 Å². The molecule has 1 aromatic carbocycles. The standard InChI is InChI=1S/C17H19N3O5/c1-9-16(10(2)25-20-9)8-24-17(23)13-5-14(18-11(3)21)7-15(6-13)19-12(4)22/h5-7H,8H2,1-4H3,(H,18,21)(H,19,22). The Labute approximate surface area is 144 Å². The minimum atomic E-state index is -0.598. The molecule has 0 spiro atoms. The Morgan fingerprint density at radius 1 is 1.04 bits per heavy atom. The third-order valence-electron chi connectivity index (χ3n) is 3.34. The first kappa shape index (κ1) is 18.2. The minimum absolute atomic E-state index is 0.0137. The summed E-state index contributed by atoms with van der Waals surface area (Å²) in [5.41, 5.74) is 2.30. The summed E-state index contributed by atoms with van der Waals surface area (Å²) in [6.45, 7) is 6.20. The van der Waals surface area contributed by atoms with E-state index in [2.05, 4.69) is 15.8 Å². The summed E-state index contributed by atoms with van der Waals surface area (Å²) in [6.07, 6.45) is 0. The van der Waals surface area contributed by atoms with Gasteiger partial charge in [-0.25, -0.2) is 4.79 Å². The number of ether oxygens (including phenoxy) is 1. The molecule has 2 amide bonds. The van der Waals surface area contributed by atoms with Crippen LogP contribution in [0.25, 0.3) is 0 Å². The summed E-state index contributed by atoms with van der Waals surface area (Å²) >= 11 is 0. The van der Waals surface area contributed by atoms with E-state index in [4.69, 9.17) is 9.26 Å². The molecule has 0 aliphatic rings. The number of anilines is 2. The van der Waals surface area contributed by atoms with E-state index in [0.29, 0.717) is 28.4 Å². The maximum Gasteiger partial charge on any atom is 0.338 e. The molecule has 2 rings (SSSR count). The molecule has 25 heavy (non-hydrogen) atoms. The van der Waals surface area contributed by atoms with E-state index in [1.807, 2.05) is 0 Å². The van der Waals surface area contributed by atoms with Gasteiger partial charge in [0.25, 0.3) is 0 Å². The highest BCUT2D eigenvalue weighted by Gasteiger charge is 2.15. The smallest absolute Gasteiger partial charge is 0.338 e. The van der Waals surface area contributed by atoms with E-state index in [0.717, 1.165) is 0 Å². The second-order valence-electron chi connectivity index (χ2n) is 5.54. The molecule has 2 aromatic rings. The number of amides is 2. The van der Waals surface area contributed by atoms with Gasteiger partial charge in [0.15, 0.2) is 0 Å². The van der Waals surface area contributed by atoms with Crippen LogP contribution >= 0.6 is 0 Å². The van der Waals surface area contributed by atoms with Crippen LogP contribution < -0.4 is 10.6 Å². The van der Waals surface area contributed by atoms with Crippen LogP contribution in [-0.2, 0) is 20.9 Å². The van der Waals surface area contributed by atoms with Gasteiger partial charge in [0.05, 0.1) is 16.8 Å². The van der Waals surface area contributed by atoms with Crippen molar-refractivity contribution in [1.29, 1.82) is 0 Å². The van der Waals surface area contributed by atoms with Crippen LogP contribution in [0.4, 0.5) is 11.4 Å². The second kappa shape index (κ2) is 7.61. The van der Waals surface area contributed by atoms with Crippen molar-refractivity contribution in [3.8, 4) is 0 Å². The third-order valence-corrected chi connectivity index (χ3v) is 3.34. The van der Waals surface area contributed by atoms with Crippen molar-refractivity contribution < 1.29 is 23.6 Å². The molecular weight excluding hydrogens is 326 g/mol. The average molecular weight is 345 g/mol. The van der Waals surface area contributed by atoms with Gasteiger partial charge in [-0.2, -0.15) is 0 Å². The van der Waals surface area contributed by atoms with Crippen molar-refractivity contribution in [2.45, 2.75) is 34.3 Å². The van der Waals surface area contributed by atoms with E-state index in [1.54, 1.807) is 19.9 Å². The highest BCUT2D eigenvalue weighted by molar-refractivity contribution is 5.97. The zero-order valence-corrected chi connectivity index (χ0v) is 14.4. The molecule has 1 aromatic heterocycles. The molecule has 0 fully saturated rings. The molecule has 0 aliphatic heterocycles. The number of esters is 1. The van der Waals surface area contributed by atoms with Gasteiger partial charge in [-0.15, -0.1) is 0 Å². The number of carbonyl (C=O) groups is 3. The lowest BCUT2D eigenvalue weighted by atomic mass is 10.1. The first-order valence-corrected chi connectivity index (χ1v) is 7.55. The zero-order chi connectivity index (χ0) is 18.6. The number of aromatic nitrogens is 1. The quantitative estimate of drug-likeness (QED) is 0.806. The molecule has 1 heterocycles. The highest BCUT2D eigenvalue weighted by Crippen LogP contribution is 2.21. The van der Waals surface area contributed by atoms with Crippen LogP contribution in [0, 0.1) is 13.8 Å². The molecule has 0 saturated carbocycles. The lowest BCUT2D eigenvalue weighted by Gasteiger charge is -2.10. The van der Waals surface area contributed by atoms with Crippen molar-refractivity contribution in [3.05, 3.63) is 40.8 Å². The zero-order valence-electron chi connectivity index (χ0n) is 14.4. The predicted octanol–water partition coefficient (Wildman–Crippen LogP) is 2.57. The van der Waals surface area contributed by atoms with Gasteiger partial charge in [0.2, 0.25) is 11.8 Å². The van der Waals surface area contributed by atoms with Gasteiger partial charge in [-0.1, -0.05) is 5.16 Å². The van der Waals surface area contributed by atoms with Gasteiger partial charge in [-0.05, 0) is 32.0 Å². The monoisotopic (exact) mass is 345 g/mol. The van der Waals surface area contributed by atoms with E-state index in [9.17, 15) is 14.4 Å². The Balaban J connectivity index is 2.21. The van der Waals surface area contributed by atoms with Crippen LogP contribution in [0.5, 0.6) is 0 Å². The summed E-state index contributed by atoms with van der Waals surface area (Å²) in [4.78, 5) is 34.8. The molecule has 8 nitrogen and oxygen atoms in total. The van der Waals surface area contributed by atoms with Crippen molar-refractivity contribution in [3.63, 3.8) is 0 Å². The summed E-state index contributed by atoms with van der Waals surface area (Å²) in [7, 11) is 0. The number of carbonyl (C=O) groups excluding carboxylic acids is 3. The van der Waals surface area contributed by atoms with Crippen molar-refractivity contribution in [2.24, 2.45) is 0 Å². The molecule has 0 bridgehead atoms. The summed E-state index contributed by atoms with van der Waals surface area (Å²) < 4.78 is 10.3. The van der Waals surface area contributed by atoms with Crippen LogP contribution in [0.2, 0.25) is 0 Å². The van der Waals surface area contributed by atoms with E-state index < -0.39 is 5.97 Å². The SMILES string of the molecule is CC(=O)Nc1cc(NC(C)=O)cc(C(=O)OCc2c(C)noc2C)c1. The summed E-state index contributed by atoms with van der Waals surface area (Å²) in [5, 5.41) is 8.96. The number of rotatable bonds is 5. The predicted molar refractivity (Wildman–Crippen MR) is 90.1 cm³/mol. The summed E-state index contributed by atoms with van der Waals surface area (Å²) in [5.74, 6) is -0.611.